The third-order valence-electron chi connectivity index (χ3n) is 4.02. The minimum absolute atomic E-state index is 0.00328. The molecule has 14 heteroatoms. The number of halogens is 2. The van der Waals surface area contributed by atoms with E-state index in [0.29, 0.717) is 18.2 Å². The average molecular weight is 449 g/mol. The van der Waals surface area contributed by atoms with Crippen LogP contribution in [-0.2, 0) is 15.5 Å². The molecule has 2 aromatic rings. The number of aryl methyl sites for hydroxylation is 1. The number of alkyl halides is 2. The predicted molar refractivity (Wildman–Crippen MR) is 124 cm³/mol. The molecule has 0 bridgehead atoms. The largest absolute Gasteiger partial charge is 0.483 e. The van der Waals surface area contributed by atoms with E-state index in [1.54, 1.807) is 0 Å². The van der Waals surface area contributed by atoms with E-state index in [4.69, 9.17) is 39.7 Å². The number of nitrogens with zero attached hydrogens (tertiary/aromatic N) is 3. The van der Waals surface area contributed by atoms with Crippen molar-refractivity contribution < 1.29 is 18.3 Å². The fourth-order valence-electron chi connectivity index (χ4n) is 2.38. The fraction of sp³-hybridized carbons (Fsp3) is 0.263. The Morgan fingerprint density at radius 1 is 1.15 bits per heavy atom. The van der Waals surface area contributed by atoms with Gasteiger partial charge in [0, 0.05) is 42.2 Å². The Hall–Kier alpha value is -3.57. The summed E-state index contributed by atoms with van der Waals surface area (Å²) in [7, 11) is 17.5. The van der Waals surface area contributed by atoms with Gasteiger partial charge >= 0.3 is 5.92 Å². The summed E-state index contributed by atoms with van der Waals surface area (Å²) in [5, 5.41) is 3.09. The zero-order valence-corrected chi connectivity index (χ0v) is 18.2. The molecule has 2 rings (SSSR count). The van der Waals surface area contributed by atoms with Gasteiger partial charge < -0.3 is 26.8 Å². The van der Waals surface area contributed by atoms with Crippen molar-refractivity contribution in [3.8, 4) is 0 Å². The molecule has 2 heterocycles. The smallest absolute Gasteiger partial charge is 0.303 e. The first kappa shape index (κ1) is 25.7. The minimum atomic E-state index is -3.27. The van der Waals surface area contributed by atoms with Crippen molar-refractivity contribution in [1.82, 2.24) is 15.0 Å². The van der Waals surface area contributed by atoms with Gasteiger partial charge in [0.2, 0.25) is 11.7 Å². The molecule has 9 nitrogen and oxygen atoms in total. The Morgan fingerprint density at radius 3 is 2.39 bits per heavy atom. The molecular weight excluding hydrogens is 429 g/mol. The number of carbonyl (C=O) groups excluding carboxylic acids is 1. The monoisotopic (exact) mass is 449 g/mol. The van der Waals surface area contributed by atoms with Crippen LogP contribution in [-0.4, -0.2) is 51.5 Å². The molecule has 6 N–H and O–H groups in total. The number of ether oxygens (including phenoxy) is 1. The van der Waals surface area contributed by atoms with Crippen LogP contribution in [0.2, 0.25) is 5.11 Å². The quantitative estimate of drug-likeness (QED) is 0.269. The molecule has 33 heavy (non-hydrogen) atoms. The molecule has 0 saturated carbocycles. The number of pyridine rings is 1. The van der Waals surface area contributed by atoms with Crippen LogP contribution in [0.5, 0.6) is 0 Å². The van der Waals surface area contributed by atoms with Gasteiger partial charge in [0.05, 0.1) is 36.3 Å². The fourth-order valence-corrected chi connectivity index (χ4v) is 2.38. The van der Waals surface area contributed by atoms with E-state index in [9.17, 15) is 13.6 Å². The van der Waals surface area contributed by atoms with E-state index in [-0.39, 0.29) is 28.9 Å². The number of hydrogen-bond donors (Lipinski definition) is 4. The van der Waals surface area contributed by atoms with Crippen LogP contribution in [0.15, 0.2) is 36.4 Å². The van der Waals surface area contributed by atoms with Gasteiger partial charge in [-0.3, -0.25) is 4.79 Å². The van der Waals surface area contributed by atoms with Gasteiger partial charge in [0.25, 0.3) is 0 Å². The number of hydrogen-bond acceptors (Lipinski definition) is 8. The molecule has 0 aliphatic heterocycles. The first-order chi connectivity index (χ1) is 15.2. The molecule has 1 amide bonds. The highest BCUT2D eigenvalue weighted by molar-refractivity contribution is 6.69. The summed E-state index contributed by atoms with van der Waals surface area (Å²) in [6, 6.07) is 2.81. The van der Waals surface area contributed by atoms with Crippen molar-refractivity contribution in [3.63, 3.8) is 0 Å². The van der Waals surface area contributed by atoms with Crippen molar-refractivity contribution in [1.29, 1.82) is 0 Å². The SMILES string of the molecule is [B]C([B])([B])C(=O)Nc1cc(Nc2cc(C)nc(C(C)(F)F)n2)c(/C(N)=C/C=C(\N)OC)cn1. The van der Waals surface area contributed by atoms with Crippen LogP contribution < -0.4 is 22.1 Å². The van der Waals surface area contributed by atoms with Gasteiger partial charge in [-0.2, -0.15) is 8.78 Å². The second-order valence-corrected chi connectivity index (χ2v) is 7.13. The number of aromatic nitrogens is 3. The van der Waals surface area contributed by atoms with E-state index >= 15 is 0 Å². The van der Waals surface area contributed by atoms with Crippen molar-refractivity contribution in [3.05, 3.63) is 53.4 Å². The number of methoxy groups -OCH3 is 1. The van der Waals surface area contributed by atoms with Gasteiger partial charge in [-0.25, -0.2) is 15.0 Å². The predicted octanol–water partition coefficient (Wildman–Crippen LogP) is 1.30. The molecule has 0 unspecified atom stereocenters. The topological polar surface area (TPSA) is 141 Å². The normalized spacial score (nSPS) is 12.9. The van der Waals surface area contributed by atoms with Gasteiger partial charge in [-0.15, -0.1) is 0 Å². The Morgan fingerprint density at radius 2 is 1.82 bits per heavy atom. The highest BCUT2D eigenvalue weighted by Gasteiger charge is 2.29. The zero-order chi connectivity index (χ0) is 25.0. The van der Waals surface area contributed by atoms with Crippen molar-refractivity contribution in [2.75, 3.05) is 17.7 Å². The standard InChI is InChI=1S/C19H20B3F2N7O2/c1-9-6-15(30-16(28-9)18(2,23)24)29-12-7-14(31-17(32)19(20,21)22)27-8-10(12)11(25)4-5-13(26)33-3/h4-8H,25-26H2,1-3H3,(H2,27,28,29,30,31,32)/b11-4-,13-5+. The summed E-state index contributed by atoms with van der Waals surface area (Å²) in [4.78, 5) is 23.7. The first-order valence-electron chi connectivity index (χ1n) is 9.37. The number of nitrogens with two attached hydrogens (primary N) is 2. The van der Waals surface area contributed by atoms with Gasteiger partial charge in [-0.1, -0.05) is 5.11 Å². The van der Waals surface area contributed by atoms with E-state index in [1.165, 1.54) is 44.5 Å². The molecule has 2 aromatic heterocycles. The number of carbonyl (C=O) groups is 1. The number of anilines is 3. The summed E-state index contributed by atoms with van der Waals surface area (Å²) >= 11 is 0. The highest BCUT2D eigenvalue weighted by atomic mass is 19.3. The molecule has 0 aliphatic carbocycles. The number of nitrogens with one attached hydrogen (secondary N) is 2. The molecule has 0 fully saturated rings. The van der Waals surface area contributed by atoms with Crippen LogP contribution in [0, 0.1) is 6.92 Å². The maximum absolute atomic E-state index is 13.8. The highest BCUT2D eigenvalue weighted by Crippen LogP contribution is 2.29. The third-order valence-corrected chi connectivity index (χ3v) is 4.02. The van der Waals surface area contributed by atoms with Crippen LogP contribution in [0.3, 0.4) is 0 Å². The van der Waals surface area contributed by atoms with E-state index < -0.39 is 22.8 Å². The Bertz CT molecular complexity index is 1100. The molecule has 0 aromatic carbocycles. The maximum atomic E-state index is 13.8. The molecular formula is C19H20B3F2N7O2. The van der Waals surface area contributed by atoms with Gasteiger partial charge in [0.15, 0.2) is 5.88 Å². The van der Waals surface area contributed by atoms with Crippen LogP contribution in [0.4, 0.5) is 26.1 Å². The van der Waals surface area contributed by atoms with E-state index in [1.807, 2.05) is 0 Å². The van der Waals surface area contributed by atoms with Gasteiger partial charge in [-0.05, 0) is 19.1 Å². The summed E-state index contributed by atoms with van der Waals surface area (Å²) in [5.41, 5.74) is 12.8. The van der Waals surface area contributed by atoms with Crippen molar-refractivity contribution >= 4 is 52.5 Å². The second kappa shape index (κ2) is 9.93. The van der Waals surface area contributed by atoms with Gasteiger partial charge in [0.1, 0.15) is 11.6 Å². The van der Waals surface area contributed by atoms with Crippen LogP contribution in [0.1, 0.15) is 24.0 Å². The summed E-state index contributed by atoms with van der Waals surface area (Å²) in [6.07, 6.45) is 4.17. The molecule has 0 aliphatic rings. The Kier molecular flexibility index (Phi) is 7.73. The molecule has 0 spiro atoms. The molecule has 166 valence electrons. The maximum Gasteiger partial charge on any atom is 0.303 e. The van der Waals surface area contributed by atoms with Crippen LogP contribution >= 0.6 is 0 Å². The lowest BCUT2D eigenvalue weighted by Gasteiger charge is -2.20. The average Bonchev–Trinajstić information content (AvgIpc) is 2.70. The second-order valence-electron chi connectivity index (χ2n) is 7.13. The number of amides is 1. The zero-order valence-electron chi connectivity index (χ0n) is 18.2. The molecule has 0 saturated heterocycles. The van der Waals surface area contributed by atoms with E-state index in [0.717, 1.165) is 0 Å². The molecule has 0 atom stereocenters. The third kappa shape index (κ3) is 7.23. The lowest BCUT2D eigenvalue weighted by molar-refractivity contribution is -0.115. The minimum Gasteiger partial charge on any atom is -0.483 e. The van der Waals surface area contributed by atoms with E-state index in [2.05, 4.69) is 25.6 Å². The summed E-state index contributed by atoms with van der Waals surface area (Å²) < 4.78 is 32.4. The number of allylic oxidation sites excluding steroid dienone is 2. The first-order valence-corrected chi connectivity index (χ1v) is 9.37. The molecule has 6 radical (unpaired) electrons. The lowest BCUT2D eigenvalue weighted by atomic mass is 9.42. The van der Waals surface area contributed by atoms with Crippen molar-refractivity contribution in [2.24, 2.45) is 11.5 Å². The Balaban J connectivity index is 2.55. The van der Waals surface area contributed by atoms with Crippen LogP contribution in [0.25, 0.3) is 5.70 Å². The Labute approximate surface area is 193 Å². The summed E-state index contributed by atoms with van der Waals surface area (Å²) in [5.74, 6) is -4.71. The lowest BCUT2D eigenvalue weighted by Crippen LogP contribution is -2.31. The van der Waals surface area contributed by atoms with Crippen molar-refractivity contribution in [2.45, 2.75) is 24.9 Å². The number of rotatable bonds is 8. The summed E-state index contributed by atoms with van der Waals surface area (Å²) in [6.45, 7) is 2.22.